The first kappa shape index (κ1) is 9.95. The molecular formula is C4H11HfN+4. The van der Waals surface area contributed by atoms with E-state index >= 15 is 0 Å². The Bertz CT molecular complexity index is 15.0. The maximum Gasteiger partial charge on any atom is 4.00 e. The molecule has 2 heteroatoms. The van der Waals surface area contributed by atoms with Crippen molar-refractivity contribution in [1.29, 1.82) is 0 Å². The molecule has 0 rings (SSSR count). The number of nitrogens with two attached hydrogens (primary N) is 1. The normalized spacial score (nSPS) is 7.00. The fourth-order valence-electron chi connectivity index (χ4n) is 0.204. The van der Waals surface area contributed by atoms with E-state index < -0.39 is 0 Å². The molecule has 0 spiro atoms. The van der Waals surface area contributed by atoms with Gasteiger partial charge >= 0.3 is 25.8 Å². The van der Waals surface area contributed by atoms with Crippen LogP contribution in [-0.2, 0) is 25.8 Å². The van der Waals surface area contributed by atoms with E-state index in [4.69, 9.17) is 5.73 Å². The molecule has 6 heavy (non-hydrogen) atoms. The Morgan fingerprint density at radius 2 is 2.00 bits per heavy atom. The SMILES string of the molecule is CCCCN.[Hf+4]. The average molecular weight is 252 g/mol. The van der Waals surface area contributed by atoms with Gasteiger partial charge in [-0.25, -0.2) is 0 Å². The minimum absolute atomic E-state index is 0. The van der Waals surface area contributed by atoms with Crippen LogP contribution in [0.15, 0.2) is 0 Å². The van der Waals surface area contributed by atoms with E-state index in [-0.39, 0.29) is 25.8 Å². The second-order valence-electron chi connectivity index (χ2n) is 1.14. The molecule has 0 aliphatic heterocycles. The van der Waals surface area contributed by atoms with E-state index in [0.717, 1.165) is 6.54 Å². The van der Waals surface area contributed by atoms with E-state index in [1.807, 2.05) is 0 Å². The third kappa shape index (κ3) is 8.85. The van der Waals surface area contributed by atoms with Gasteiger partial charge in [0.25, 0.3) is 0 Å². The Morgan fingerprint density at radius 1 is 1.50 bits per heavy atom. The summed E-state index contributed by atoms with van der Waals surface area (Å²) in [5.41, 5.74) is 5.14. The van der Waals surface area contributed by atoms with Crippen LogP contribution >= 0.6 is 0 Å². The van der Waals surface area contributed by atoms with Crippen LogP contribution in [0.25, 0.3) is 0 Å². The minimum Gasteiger partial charge on any atom is -0.330 e. The molecule has 0 bridgehead atoms. The van der Waals surface area contributed by atoms with Gasteiger partial charge in [-0.05, 0) is 13.0 Å². The van der Waals surface area contributed by atoms with E-state index in [1.165, 1.54) is 12.8 Å². The van der Waals surface area contributed by atoms with Crippen molar-refractivity contribution in [3.05, 3.63) is 0 Å². The molecule has 0 amide bonds. The van der Waals surface area contributed by atoms with Crippen molar-refractivity contribution >= 4 is 0 Å². The summed E-state index contributed by atoms with van der Waals surface area (Å²) in [6.07, 6.45) is 2.39. The van der Waals surface area contributed by atoms with Crippen molar-refractivity contribution in [1.82, 2.24) is 0 Å². The molecule has 0 unspecified atom stereocenters. The quantitative estimate of drug-likeness (QED) is 0.720. The molecule has 0 radical (unpaired) electrons. The van der Waals surface area contributed by atoms with Crippen molar-refractivity contribution in [2.24, 2.45) is 5.73 Å². The molecule has 32 valence electrons. The first-order valence-electron chi connectivity index (χ1n) is 2.12. The summed E-state index contributed by atoms with van der Waals surface area (Å²) in [6.45, 7) is 2.98. The maximum atomic E-state index is 5.14. The van der Waals surface area contributed by atoms with Crippen LogP contribution in [0.5, 0.6) is 0 Å². The van der Waals surface area contributed by atoms with Gasteiger partial charge in [0.2, 0.25) is 0 Å². The Labute approximate surface area is 58.1 Å². The van der Waals surface area contributed by atoms with Gasteiger partial charge < -0.3 is 5.73 Å². The maximum absolute atomic E-state index is 5.14. The number of hydrogen-bond donors (Lipinski definition) is 1. The second kappa shape index (κ2) is 9.27. The summed E-state index contributed by atoms with van der Waals surface area (Å²) in [6, 6.07) is 0. The first-order chi connectivity index (χ1) is 2.41. The predicted octanol–water partition coefficient (Wildman–Crippen LogP) is 0.743. The van der Waals surface area contributed by atoms with Crippen LogP contribution in [0.4, 0.5) is 0 Å². The van der Waals surface area contributed by atoms with Gasteiger partial charge in [0.05, 0.1) is 0 Å². The van der Waals surface area contributed by atoms with E-state index in [0.29, 0.717) is 0 Å². The zero-order valence-corrected chi connectivity index (χ0v) is 7.79. The zero-order valence-electron chi connectivity index (χ0n) is 4.20. The fraction of sp³-hybridized carbons (Fsp3) is 1.00. The number of rotatable bonds is 2. The molecule has 0 aromatic rings. The van der Waals surface area contributed by atoms with Crippen LogP contribution in [-0.4, -0.2) is 6.54 Å². The van der Waals surface area contributed by atoms with Crippen molar-refractivity contribution in [3.8, 4) is 0 Å². The predicted molar refractivity (Wildman–Crippen MR) is 24.0 cm³/mol. The molecule has 1 nitrogen and oxygen atoms in total. The van der Waals surface area contributed by atoms with Crippen LogP contribution in [0, 0.1) is 0 Å². The number of hydrogen-bond acceptors (Lipinski definition) is 1. The van der Waals surface area contributed by atoms with Crippen LogP contribution < -0.4 is 5.73 Å². The Balaban J connectivity index is 0. The third-order valence-corrected chi connectivity index (χ3v) is 0.558. The summed E-state index contributed by atoms with van der Waals surface area (Å²) < 4.78 is 0. The molecule has 0 saturated carbocycles. The topological polar surface area (TPSA) is 26.0 Å². The van der Waals surface area contributed by atoms with E-state index in [9.17, 15) is 0 Å². The van der Waals surface area contributed by atoms with Gasteiger partial charge in [-0.15, -0.1) is 0 Å². The van der Waals surface area contributed by atoms with Gasteiger partial charge in [-0.3, -0.25) is 0 Å². The van der Waals surface area contributed by atoms with Gasteiger partial charge in [-0.2, -0.15) is 0 Å². The average Bonchev–Trinajstić information content (AvgIpc) is 1.41. The van der Waals surface area contributed by atoms with Gasteiger partial charge in [0.1, 0.15) is 0 Å². The van der Waals surface area contributed by atoms with Crippen molar-refractivity contribution in [3.63, 3.8) is 0 Å². The monoisotopic (exact) mass is 253 g/mol. The fourth-order valence-corrected chi connectivity index (χ4v) is 0.204. The zero-order chi connectivity index (χ0) is 4.12. The molecule has 0 saturated heterocycles. The second-order valence-corrected chi connectivity index (χ2v) is 1.14. The summed E-state index contributed by atoms with van der Waals surface area (Å²) in [5, 5.41) is 0. The Kier molecular flexibility index (Phi) is 15.4. The Hall–Kier alpha value is 0.830. The van der Waals surface area contributed by atoms with Gasteiger partial charge in [0, 0.05) is 0 Å². The molecule has 0 atom stereocenters. The first-order valence-corrected chi connectivity index (χ1v) is 2.12. The summed E-state index contributed by atoms with van der Waals surface area (Å²) in [7, 11) is 0. The summed E-state index contributed by atoms with van der Waals surface area (Å²) in [5.74, 6) is 0. The van der Waals surface area contributed by atoms with Crippen molar-refractivity contribution in [2.45, 2.75) is 19.8 Å². The number of unbranched alkanes of at least 4 members (excludes halogenated alkanes) is 1. The standard InChI is InChI=1S/C4H11N.Hf/c1-2-3-4-5;/h2-5H2,1H3;/q;+4. The van der Waals surface area contributed by atoms with Crippen LogP contribution in [0.2, 0.25) is 0 Å². The van der Waals surface area contributed by atoms with E-state index in [1.54, 1.807) is 0 Å². The van der Waals surface area contributed by atoms with Crippen molar-refractivity contribution in [2.75, 3.05) is 6.54 Å². The van der Waals surface area contributed by atoms with Crippen LogP contribution in [0.3, 0.4) is 0 Å². The van der Waals surface area contributed by atoms with Crippen LogP contribution in [0.1, 0.15) is 19.8 Å². The molecule has 0 aliphatic rings. The molecule has 0 aromatic carbocycles. The smallest absolute Gasteiger partial charge is 0.330 e. The summed E-state index contributed by atoms with van der Waals surface area (Å²) in [4.78, 5) is 0. The molecule has 0 aromatic heterocycles. The van der Waals surface area contributed by atoms with E-state index in [2.05, 4.69) is 6.92 Å². The largest absolute Gasteiger partial charge is 4.00 e. The molecule has 0 fully saturated rings. The summed E-state index contributed by atoms with van der Waals surface area (Å²) >= 11 is 0. The Morgan fingerprint density at radius 3 is 2.00 bits per heavy atom. The molecule has 0 heterocycles. The minimum atomic E-state index is 0. The van der Waals surface area contributed by atoms with Gasteiger partial charge in [-0.1, -0.05) is 13.3 Å². The molecule has 2 N–H and O–H groups in total. The van der Waals surface area contributed by atoms with Crippen molar-refractivity contribution < 1.29 is 25.8 Å². The van der Waals surface area contributed by atoms with Gasteiger partial charge in [0.15, 0.2) is 0 Å². The molecule has 0 aliphatic carbocycles. The molecular weight excluding hydrogens is 241 g/mol. The third-order valence-electron chi connectivity index (χ3n) is 0.558.